The fraction of sp³-hybridized carbons (Fsp3) is 0.300. The highest BCUT2D eigenvalue weighted by atomic mass is 35.5. The minimum Gasteiger partial charge on any atom is -0.358 e. The van der Waals surface area contributed by atoms with Gasteiger partial charge in [-0.3, -0.25) is 14.9 Å². The smallest absolute Gasteiger partial charge is 0.270 e. The SMILES string of the molecule is CNC(=O)CN(C)S(=O)(=O)c1cc([N+](=O)[O-])ccc1Cl. The van der Waals surface area contributed by atoms with Crippen LogP contribution in [0.25, 0.3) is 0 Å². The highest BCUT2D eigenvalue weighted by Crippen LogP contribution is 2.28. The Morgan fingerprint density at radius 1 is 1.50 bits per heavy atom. The first-order valence-electron chi connectivity index (χ1n) is 5.31. The molecule has 110 valence electrons. The minimum absolute atomic E-state index is 0.153. The first kappa shape index (κ1) is 16.3. The minimum atomic E-state index is -4.09. The summed E-state index contributed by atoms with van der Waals surface area (Å²) in [6.45, 7) is -0.419. The topological polar surface area (TPSA) is 110 Å². The maximum atomic E-state index is 12.2. The molecule has 0 radical (unpaired) electrons. The molecule has 0 heterocycles. The Morgan fingerprint density at radius 3 is 2.60 bits per heavy atom. The second kappa shape index (κ2) is 6.16. The van der Waals surface area contributed by atoms with Crippen molar-refractivity contribution in [3.8, 4) is 0 Å². The van der Waals surface area contributed by atoms with Gasteiger partial charge in [-0.2, -0.15) is 4.31 Å². The number of rotatable bonds is 5. The molecule has 0 aliphatic rings. The van der Waals surface area contributed by atoms with E-state index in [1.165, 1.54) is 14.1 Å². The Kier molecular flexibility index (Phi) is 5.03. The predicted molar refractivity (Wildman–Crippen MR) is 72.0 cm³/mol. The van der Waals surface area contributed by atoms with Crippen LogP contribution in [-0.4, -0.2) is 44.2 Å². The molecule has 1 amide bonds. The van der Waals surface area contributed by atoms with E-state index in [-0.39, 0.29) is 5.02 Å². The highest BCUT2D eigenvalue weighted by Gasteiger charge is 2.27. The molecule has 0 aliphatic carbocycles. The lowest BCUT2D eigenvalue weighted by atomic mass is 10.3. The Morgan fingerprint density at radius 2 is 2.10 bits per heavy atom. The molecule has 1 rings (SSSR count). The van der Waals surface area contributed by atoms with Gasteiger partial charge in [-0.05, 0) is 6.07 Å². The van der Waals surface area contributed by atoms with Crippen LogP contribution in [0.5, 0.6) is 0 Å². The van der Waals surface area contributed by atoms with Crippen molar-refractivity contribution < 1.29 is 18.1 Å². The lowest BCUT2D eigenvalue weighted by molar-refractivity contribution is -0.385. The molecule has 0 unspecified atom stereocenters. The van der Waals surface area contributed by atoms with Crippen LogP contribution in [0.4, 0.5) is 5.69 Å². The zero-order valence-corrected chi connectivity index (χ0v) is 12.2. The molecule has 1 aromatic carbocycles. The average molecular weight is 322 g/mol. The number of nitro benzene ring substituents is 1. The maximum absolute atomic E-state index is 12.2. The summed E-state index contributed by atoms with van der Waals surface area (Å²) in [5.41, 5.74) is -0.402. The number of carbonyl (C=O) groups excluding carboxylic acids is 1. The van der Waals surface area contributed by atoms with Crippen LogP contribution in [0, 0.1) is 10.1 Å². The number of halogens is 1. The van der Waals surface area contributed by atoms with Crippen molar-refractivity contribution in [1.82, 2.24) is 9.62 Å². The normalized spacial score (nSPS) is 11.4. The Labute approximate surface area is 120 Å². The van der Waals surface area contributed by atoms with Gasteiger partial charge in [-0.1, -0.05) is 11.6 Å². The number of non-ortho nitro benzene ring substituents is 1. The lowest BCUT2D eigenvalue weighted by Gasteiger charge is -2.16. The number of hydrogen-bond donors (Lipinski definition) is 1. The Balaban J connectivity index is 3.24. The molecule has 0 bridgehead atoms. The molecule has 1 N–H and O–H groups in total. The largest absolute Gasteiger partial charge is 0.358 e. The van der Waals surface area contributed by atoms with Crippen molar-refractivity contribution in [3.05, 3.63) is 33.3 Å². The maximum Gasteiger partial charge on any atom is 0.270 e. The molecule has 0 saturated heterocycles. The number of amides is 1. The Bertz CT molecular complexity index is 646. The summed E-state index contributed by atoms with van der Waals surface area (Å²) in [7, 11) is -1.55. The van der Waals surface area contributed by atoms with E-state index in [1.54, 1.807) is 0 Å². The third-order valence-corrected chi connectivity index (χ3v) is 4.74. The highest BCUT2D eigenvalue weighted by molar-refractivity contribution is 7.89. The van der Waals surface area contributed by atoms with Crippen LogP contribution in [-0.2, 0) is 14.8 Å². The summed E-state index contributed by atoms with van der Waals surface area (Å²) in [5.74, 6) is -0.516. The third kappa shape index (κ3) is 3.44. The summed E-state index contributed by atoms with van der Waals surface area (Å²) in [6.07, 6.45) is 0. The van der Waals surface area contributed by atoms with E-state index in [4.69, 9.17) is 11.6 Å². The standard InChI is InChI=1S/C10H12ClN3O5S/c1-12-10(15)6-13(2)20(18,19)9-5-7(14(16)17)3-4-8(9)11/h3-5H,6H2,1-2H3,(H,12,15). The van der Waals surface area contributed by atoms with E-state index in [1.807, 2.05) is 0 Å². The molecule has 0 aromatic heterocycles. The van der Waals surface area contributed by atoms with Crippen LogP contribution in [0.15, 0.2) is 23.1 Å². The van der Waals surface area contributed by atoms with Crippen LogP contribution in [0.1, 0.15) is 0 Å². The summed E-state index contributed by atoms with van der Waals surface area (Å²) in [5, 5.41) is 12.8. The number of carbonyl (C=O) groups is 1. The van der Waals surface area contributed by atoms with E-state index in [0.29, 0.717) is 0 Å². The number of benzene rings is 1. The van der Waals surface area contributed by atoms with Crippen molar-refractivity contribution in [2.24, 2.45) is 0 Å². The van der Waals surface area contributed by atoms with Gasteiger partial charge in [0.25, 0.3) is 5.69 Å². The molecule has 0 fully saturated rings. The van der Waals surface area contributed by atoms with E-state index in [2.05, 4.69) is 5.32 Å². The van der Waals surface area contributed by atoms with Crippen molar-refractivity contribution in [2.45, 2.75) is 4.90 Å². The summed E-state index contributed by atoms with van der Waals surface area (Å²) in [6, 6.07) is 3.08. The van der Waals surface area contributed by atoms with Gasteiger partial charge in [0.15, 0.2) is 0 Å². The summed E-state index contributed by atoms with van der Waals surface area (Å²) < 4.78 is 25.2. The van der Waals surface area contributed by atoms with E-state index in [0.717, 1.165) is 22.5 Å². The first-order chi connectivity index (χ1) is 9.20. The molecule has 0 aliphatic heterocycles. The van der Waals surface area contributed by atoms with Crippen molar-refractivity contribution in [3.63, 3.8) is 0 Å². The Hall–Kier alpha value is -1.71. The second-order valence-corrected chi connectivity index (χ2v) is 6.23. The van der Waals surface area contributed by atoms with Crippen LogP contribution >= 0.6 is 11.6 Å². The molecule has 20 heavy (non-hydrogen) atoms. The second-order valence-electron chi connectivity index (χ2n) is 3.81. The van der Waals surface area contributed by atoms with E-state index in [9.17, 15) is 23.3 Å². The van der Waals surface area contributed by atoms with Gasteiger partial charge in [-0.15, -0.1) is 0 Å². The summed E-state index contributed by atoms with van der Waals surface area (Å²) in [4.78, 5) is 20.7. The fourth-order valence-electron chi connectivity index (χ4n) is 1.34. The van der Waals surface area contributed by atoms with E-state index >= 15 is 0 Å². The van der Waals surface area contributed by atoms with Crippen LogP contribution in [0.3, 0.4) is 0 Å². The lowest BCUT2D eigenvalue weighted by Crippen LogP contribution is -2.37. The molecular formula is C10H12ClN3O5S. The first-order valence-corrected chi connectivity index (χ1v) is 7.12. The molecule has 0 atom stereocenters. The van der Waals surface area contributed by atoms with Gasteiger partial charge in [0.05, 0.1) is 16.5 Å². The van der Waals surface area contributed by atoms with Crippen molar-refractivity contribution in [2.75, 3.05) is 20.6 Å². The number of likely N-dealkylation sites (N-methyl/N-ethyl adjacent to an activating group) is 2. The van der Waals surface area contributed by atoms with Gasteiger partial charge in [-0.25, -0.2) is 8.42 Å². The summed E-state index contributed by atoms with van der Waals surface area (Å²) >= 11 is 5.77. The quantitative estimate of drug-likeness (QED) is 0.631. The zero-order valence-electron chi connectivity index (χ0n) is 10.7. The molecule has 0 saturated carbocycles. The molecule has 10 heteroatoms. The van der Waals surface area contributed by atoms with Crippen molar-refractivity contribution in [1.29, 1.82) is 0 Å². The van der Waals surface area contributed by atoms with E-state index < -0.39 is 38.0 Å². The van der Waals surface area contributed by atoms with Gasteiger partial charge < -0.3 is 5.32 Å². The van der Waals surface area contributed by atoms with Gasteiger partial charge >= 0.3 is 0 Å². The molecule has 0 spiro atoms. The molecule has 8 nitrogen and oxygen atoms in total. The fourth-order valence-corrected chi connectivity index (χ4v) is 2.95. The van der Waals surface area contributed by atoms with Gasteiger partial charge in [0.1, 0.15) is 4.90 Å². The number of nitrogens with zero attached hydrogens (tertiary/aromatic N) is 2. The van der Waals surface area contributed by atoms with Crippen molar-refractivity contribution >= 4 is 33.2 Å². The third-order valence-electron chi connectivity index (χ3n) is 2.46. The average Bonchev–Trinajstić information content (AvgIpc) is 2.38. The number of nitrogens with one attached hydrogen (secondary N) is 1. The molecular weight excluding hydrogens is 310 g/mol. The number of sulfonamides is 1. The van der Waals surface area contributed by atoms with Gasteiger partial charge in [0.2, 0.25) is 15.9 Å². The van der Waals surface area contributed by atoms with Crippen LogP contribution < -0.4 is 5.32 Å². The number of hydrogen-bond acceptors (Lipinski definition) is 5. The molecule has 1 aromatic rings. The zero-order chi connectivity index (χ0) is 15.5. The monoisotopic (exact) mass is 321 g/mol. The number of nitro groups is 1. The predicted octanol–water partition coefficient (Wildman–Crippen LogP) is 0.615. The van der Waals surface area contributed by atoms with Gasteiger partial charge in [0, 0.05) is 26.2 Å². The van der Waals surface area contributed by atoms with Crippen LogP contribution in [0.2, 0.25) is 5.02 Å².